The summed E-state index contributed by atoms with van der Waals surface area (Å²) in [6.45, 7) is 0. The number of benzene rings is 9. The predicted molar refractivity (Wildman–Crippen MR) is 229 cm³/mol. The molecule has 0 unspecified atom stereocenters. The van der Waals surface area contributed by atoms with Gasteiger partial charge in [0.1, 0.15) is 0 Å². The Hall–Kier alpha value is -7.16. The summed E-state index contributed by atoms with van der Waals surface area (Å²) >= 11 is 0. The zero-order chi connectivity index (χ0) is 35.8. The predicted octanol–water partition coefficient (Wildman–Crippen LogP) is 14.4. The molecule has 0 saturated heterocycles. The van der Waals surface area contributed by atoms with Crippen LogP contribution in [0.1, 0.15) is 0 Å². The van der Waals surface area contributed by atoms with Crippen molar-refractivity contribution in [1.82, 2.24) is 4.57 Å². The fourth-order valence-electron chi connectivity index (χ4n) is 8.09. The first kappa shape index (κ1) is 31.6. The smallest absolute Gasteiger partial charge is 0.0562 e. The van der Waals surface area contributed by atoms with E-state index < -0.39 is 0 Å². The summed E-state index contributed by atoms with van der Waals surface area (Å²) in [4.78, 5) is 2.50. The molecular weight excluding hydrogens is 653 g/mol. The maximum atomic E-state index is 2.50. The first-order chi connectivity index (χ1) is 26.8. The second kappa shape index (κ2) is 13.4. The van der Waals surface area contributed by atoms with Crippen molar-refractivity contribution < 1.29 is 0 Å². The Bertz CT molecular complexity index is 2930. The second-order valence-electron chi connectivity index (χ2n) is 13.7. The van der Waals surface area contributed by atoms with Gasteiger partial charge in [-0.1, -0.05) is 164 Å². The number of hydrogen-bond donors (Lipinski definition) is 0. The average Bonchev–Trinajstić information content (AvgIpc) is 3.60. The lowest BCUT2D eigenvalue weighted by Crippen LogP contribution is -2.13. The summed E-state index contributed by atoms with van der Waals surface area (Å²) in [6, 6.07) is 79.0. The quantitative estimate of drug-likeness (QED) is 0.162. The minimum Gasteiger partial charge on any atom is -0.309 e. The van der Waals surface area contributed by atoms with E-state index in [1.165, 1.54) is 49.3 Å². The van der Waals surface area contributed by atoms with Gasteiger partial charge < -0.3 is 9.47 Å². The maximum absolute atomic E-state index is 2.50. The first-order valence-electron chi connectivity index (χ1n) is 18.5. The highest BCUT2D eigenvalue weighted by Gasteiger charge is 2.25. The third-order valence-electron chi connectivity index (χ3n) is 10.6. The Morgan fingerprint density at radius 3 is 1.67 bits per heavy atom. The number of nitrogens with zero attached hydrogens (tertiary/aromatic N) is 2. The molecule has 0 atom stereocenters. The summed E-state index contributed by atoms with van der Waals surface area (Å²) in [7, 11) is 0. The van der Waals surface area contributed by atoms with Crippen LogP contribution in [0, 0.1) is 0 Å². The van der Waals surface area contributed by atoms with Crippen LogP contribution < -0.4 is 4.90 Å². The van der Waals surface area contributed by atoms with Gasteiger partial charge in [-0.3, -0.25) is 0 Å². The van der Waals surface area contributed by atoms with Crippen LogP contribution in [-0.4, -0.2) is 4.57 Å². The Kier molecular flexibility index (Phi) is 7.85. The molecule has 1 heterocycles. The Balaban J connectivity index is 1.29. The van der Waals surface area contributed by atoms with Crippen molar-refractivity contribution in [1.29, 1.82) is 0 Å². The molecule has 1 aromatic heterocycles. The van der Waals surface area contributed by atoms with Gasteiger partial charge in [-0.05, 0) is 87.6 Å². The molecule has 9 aromatic carbocycles. The van der Waals surface area contributed by atoms with Crippen LogP contribution >= 0.6 is 0 Å². The summed E-state index contributed by atoms with van der Waals surface area (Å²) in [5.41, 5.74) is 13.9. The molecule has 0 fully saturated rings. The SMILES string of the molecule is c1ccc(-c2ccccc2N(c2ccc(-c3ccc4ccccc4c3)cc2-c2ccccc2)c2cccc3c2c2ccccc2n3-c2ccccc2)cc1. The molecule has 254 valence electrons. The van der Waals surface area contributed by atoms with Crippen molar-refractivity contribution in [2.75, 3.05) is 4.90 Å². The molecule has 0 aliphatic rings. The molecular formula is C52H36N2. The molecule has 0 radical (unpaired) electrons. The van der Waals surface area contributed by atoms with Crippen molar-refractivity contribution in [2.24, 2.45) is 0 Å². The van der Waals surface area contributed by atoms with E-state index in [-0.39, 0.29) is 0 Å². The Labute approximate surface area is 315 Å². The largest absolute Gasteiger partial charge is 0.309 e. The molecule has 0 N–H and O–H groups in total. The number of anilines is 3. The highest BCUT2D eigenvalue weighted by Crippen LogP contribution is 2.49. The van der Waals surface area contributed by atoms with Crippen LogP contribution in [0.25, 0.3) is 71.6 Å². The summed E-state index contributed by atoms with van der Waals surface area (Å²) in [5.74, 6) is 0. The molecule has 10 rings (SSSR count). The van der Waals surface area contributed by atoms with Crippen molar-refractivity contribution >= 4 is 49.6 Å². The normalized spacial score (nSPS) is 11.3. The van der Waals surface area contributed by atoms with E-state index in [0.717, 1.165) is 39.4 Å². The van der Waals surface area contributed by atoms with Crippen LogP contribution in [0.4, 0.5) is 17.1 Å². The lowest BCUT2D eigenvalue weighted by molar-refractivity contribution is 1.18. The van der Waals surface area contributed by atoms with E-state index in [0.29, 0.717) is 0 Å². The van der Waals surface area contributed by atoms with Crippen LogP contribution in [-0.2, 0) is 0 Å². The van der Waals surface area contributed by atoms with E-state index in [9.17, 15) is 0 Å². The monoisotopic (exact) mass is 688 g/mol. The van der Waals surface area contributed by atoms with Gasteiger partial charge in [0.15, 0.2) is 0 Å². The third kappa shape index (κ3) is 5.44. The van der Waals surface area contributed by atoms with E-state index in [1.54, 1.807) is 0 Å². The number of hydrogen-bond acceptors (Lipinski definition) is 1. The summed E-state index contributed by atoms with van der Waals surface area (Å²) in [5, 5.41) is 4.90. The zero-order valence-electron chi connectivity index (χ0n) is 29.7. The molecule has 2 heteroatoms. The lowest BCUT2D eigenvalue weighted by Gasteiger charge is -2.31. The van der Waals surface area contributed by atoms with E-state index in [2.05, 4.69) is 228 Å². The Morgan fingerprint density at radius 2 is 0.870 bits per heavy atom. The molecule has 0 aliphatic heterocycles. The van der Waals surface area contributed by atoms with Gasteiger partial charge in [-0.2, -0.15) is 0 Å². The minimum absolute atomic E-state index is 1.11. The standard InChI is InChI=1S/C52H36N2/c1-4-18-38(19-5-1)44-25-12-14-27-47(44)54(51-30-16-29-50-52(51)45-26-13-15-28-48(45)53(50)43-23-8-3-9-24-43)49-34-33-42(36-46(49)39-20-6-2-7-21-39)41-32-31-37-17-10-11-22-40(37)35-41/h1-36H. The van der Waals surface area contributed by atoms with Gasteiger partial charge in [0, 0.05) is 27.6 Å². The van der Waals surface area contributed by atoms with Crippen molar-refractivity contribution in [2.45, 2.75) is 0 Å². The minimum atomic E-state index is 1.11. The summed E-state index contributed by atoms with van der Waals surface area (Å²) < 4.78 is 2.40. The van der Waals surface area contributed by atoms with E-state index >= 15 is 0 Å². The molecule has 0 aliphatic carbocycles. The molecule has 0 bridgehead atoms. The van der Waals surface area contributed by atoms with Crippen molar-refractivity contribution in [3.05, 3.63) is 218 Å². The van der Waals surface area contributed by atoms with E-state index in [4.69, 9.17) is 0 Å². The molecule has 54 heavy (non-hydrogen) atoms. The van der Waals surface area contributed by atoms with Gasteiger partial charge in [-0.25, -0.2) is 0 Å². The second-order valence-corrected chi connectivity index (χ2v) is 13.7. The van der Waals surface area contributed by atoms with E-state index in [1.807, 2.05) is 0 Å². The third-order valence-corrected chi connectivity index (χ3v) is 10.6. The van der Waals surface area contributed by atoms with Crippen molar-refractivity contribution in [3.8, 4) is 39.1 Å². The highest BCUT2D eigenvalue weighted by atomic mass is 15.2. The highest BCUT2D eigenvalue weighted by molar-refractivity contribution is 6.17. The van der Waals surface area contributed by atoms with Crippen LogP contribution in [0.15, 0.2) is 218 Å². The number of rotatable bonds is 7. The fraction of sp³-hybridized carbons (Fsp3) is 0. The van der Waals surface area contributed by atoms with Gasteiger partial charge in [0.2, 0.25) is 0 Å². The maximum Gasteiger partial charge on any atom is 0.0562 e. The van der Waals surface area contributed by atoms with Gasteiger partial charge in [0.05, 0.1) is 28.1 Å². The van der Waals surface area contributed by atoms with Gasteiger partial charge in [0.25, 0.3) is 0 Å². The number of para-hydroxylation sites is 3. The topological polar surface area (TPSA) is 8.17 Å². The first-order valence-corrected chi connectivity index (χ1v) is 18.5. The van der Waals surface area contributed by atoms with Crippen LogP contribution in [0.5, 0.6) is 0 Å². The lowest BCUT2D eigenvalue weighted by atomic mass is 9.94. The zero-order valence-corrected chi connectivity index (χ0v) is 29.7. The summed E-state index contributed by atoms with van der Waals surface area (Å²) in [6.07, 6.45) is 0. The molecule has 2 nitrogen and oxygen atoms in total. The van der Waals surface area contributed by atoms with Crippen molar-refractivity contribution in [3.63, 3.8) is 0 Å². The molecule has 0 amide bonds. The molecule has 0 spiro atoms. The number of aromatic nitrogens is 1. The molecule has 10 aromatic rings. The fourth-order valence-corrected chi connectivity index (χ4v) is 8.09. The van der Waals surface area contributed by atoms with Crippen LogP contribution in [0.2, 0.25) is 0 Å². The number of fused-ring (bicyclic) bond motifs is 4. The molecule has 0 saturated carbocycles. The Morgan fingerprint density at radius 1 is 0.315 bits per heavy atom. The average molecular weight is 689 g/mol. The van der Waals surface area contributed by atoms with Crippen LogP contribution in [0.3, 0.4) is 0 Å². The van der Waals surface area contributed by atoms with Gasteiger partial charge >= 0.3 is 0 Å². The van der Waals surface area contributed by atoms with Gasteiger partial charge in [-0.15, -0.1) is 0 Å².